The van der Waals surface area contributed by atoms with Crippen LogP contribution in [0.1, 0.15) is 79.1 Å². The molecule has 0 radical (unpaired) electrons. The molecule has 0 aromatic rings. The van der Waals surface area contributed by atoms with E-state index in [9.17, 15) is 9.90 Å². The predicted molar refractivity (Wildman–Crippen MR) is 83.9 cm³/mol. The lowest BCUT2D eigenvalue weighted by Gasteiger charge is -2.36. The molecule has 114 valence electrons. The topological polar surface area (TPSA) is 37.3 Å². The van der Waals surface area contributed by atoms with Gasteiger partial charge in [0.25, 0.3) is 0 Å². The minimum atomic E-state index is -0.583. The van der Waals surface area contributed by atoms with Crippen molar-refractivity contribution in [1.29, 1.82) is 0 Å². The Morgan fingerprint density at radius 3 is 1.95 bits per heavy atom. The number of aliphatic hydroxyl groups is 1. The number of carbonyl (C=O) groups is 1. The van der Waals surface area contributed by atoms with Crippen LogP contribution < -0.4 is 0 Å². The van der Waals surface area contributed by atoms with Crippen LogP contribution in [0.2, 0.25) is 0 Å². The van der Waals surface area contributed by atoms with Crippen LogP contribution >= 0.6 is 0 Å². The molecule has 0 aromatic carbocycles. The summed E-state index contributed by atoms with van der Waals surface area (Å²) < 4.78 is 0. The van der Waals surface area contributed by atoms with Gasteiger partial charge in [0.15, 0.2) is 0 Å². The van der Waals surface area contributed by atoms with Gasteiger partial charge in [-0.15, -0.1) is 0 Å². The highest BCUT2D eigenvalue weighted by atomic mass is 32.1. The number of carbonyl (C=O) groups excluding carboxylic acids is 1. The maximum absolute atomic E-state index is 11.5. The van der Waals surface area contributed by atoms with E-state index in [2.05, 4.69) is 6.92 Å². The Balaban J connectivity index is 3.89. The molecule has 0 saturated heterocycles. The highest BCUT2D eigenvalue weighted by Gasteiger charge is 2.31. The van der Waals surface area contributed by atoms with Crippen LogP contribution in [0.3, 0.4) is 0 Å². The van der Waals surface area contributed by atoms with Gasteiger partial charge >= 0.3 is 0 Å². The zero-order valence-corrected chi connectivity index (χ0v) is 13.9. The molecule has 0 aliphatic rings. The van der Waals surface area contributed by atoms with Crippen molar-refractivity contribution in [1.82, 2.24) is 0 Å². The fraction of sp³-hybridized carbons (Fsp3) is 0.938. The molecule has 2 atom stereocenters. The Bertz CT molecular complexity index is 246. The van der Waals surface area contributed by atoms with Crippen molar-refractivity contribution >= 4 is 17.7 Å². The van der Waals surface area contributed by atoms with Gasteiger partial charge in [-0.25, -0.2) is 0 Å². The molecule has 0 aliphatic carbocycles. The summed E-state index contributed by atoms with van der Waals surface area (Å²) in [5.74, 6) is -0.414. The van der Waals surface area contributed by atoms with Gasteiger partial charge in [-0.1, -0.05) is 72.6 Å². The van der Waals surface area contributed by atoms with Crippen molar-refractivity contribution in [2.24, 2.45) is 11.3 Å². The van der Waals surface area contributed by atoms with E-state index < -0.39 is 12.0 Å². The highest BCUT2D eigenvalue weighted by Crippen LogP contribution is 2.31. The SMILES string of the molecule is CCCCCCCCCC(O)C(C(=O)[S-])C(C)(C)C. The van der Waals surface area contributed by atoms with Gasteiger partial charge in [-0.2, -0.15) is 0 Å². The van der Waals surface area contributed by atoms with Crippen molar-refractivity contribution in [3.8, 4) is 0 Å². The summed E-state index contributed by atoms with van der Waals surface area (Å²) in [6.07, 6.45) is 8.66. The molecule has 0 fully saturated rings. The van der Waals surface area contributed by atoms with Gasteiger partial charge in [-0.3, -0.25) is 0 Å². The average Bonchev–Trinajstić information content (AvgIpc) is 2.25. The summed E-state index contributed by atoms with van der Waals surface area (Å²) in [7, 11) is 0. The van der Waals surface area contributed by atoms with E-state index in [1.165, 1.54) is 32.1 Å². The molecule has 0 bridgehead atoms. The second-order valence-corrected chi connectivity index (χ2v) is 7.04. The van der Waals surface area contributed by atoms with Gasteiger partial charge in [0.05, 0.1) is 6.10 Å². The fourth-order valence-corrected chi connectivity index (χ4v) is 3.08. The van der Waals surface area contributed by atoms with E-state index in [-0.39, 0.29) is 10.5 Å². The van der Waals surface area contributed by atoms with E-state index in [4.69, 9.17) is 12.6 Å². The number of rotatable bonds is 10. The molecule has 0 amide bonds. The first-order valence-corrected chi connectivity index (χ1v) is 8.10. The second-order valence-electron chi connectivity index (χ2n) is 6.64. The van der Waals surface area contributed by atoms with Crippen LogP contribution in [-0.2, 0) is 17.4 Å². The van der Waals surface area contributed by atoms with Crippen molar-refractivity contribution in [3.05, 3.63) is 0 Å². The van der Waals surface area contributed by atoms with Crippen LogP contribution in [0.25, 0.3) is 0 Å². The Morgan fingerprint density at radius 2 is 1.53 bits per heavy atom. The molecule has 0 spiro atoms. The largest absolute Gasteiger partial charge is 0.742 e. The lowest BCUT2D eigenvalue weighted by atomic mass is 9.77. The zero-order valence-electron chi connectivity index (χ0n) is 13.1. The summed E-state index contributed by atoms with van der Waals surface area (Å²) in [5, 5.41) is 9.87. The standard InChI is InChI=1S/C16H32O2S/c1-5-6-7-8-9-10-11-12-13(17)14(15(18)19)16(2,3)4/h13-14,17H,5-12H2,1-4H3,(H,18,19)/p-1. The quantitative estimate of drug-likeness (QED) is 0.483. The molecule has 0 saturated carbocycles. The van der Waals surface area contributed by atoms with E-state index in [1.54, 1.807) is 0 Å². The molecule has 0 rings (SSSR count). The molecular formula is C16H31O2S-. The number of hydrogen-bond acceptors (Lipinski definition) is 3. The maximum atomic E-state index is 11.5. The molecule has 1 N–H and O–H groups in total. The third-order valence-electron chi connectivity index (χ3n) is 3.68. The number of hydrogen-bond donors (Lipinski definition) is 1. The monoisotopic (exact) mass is 287 g/mol. The normalized spacial score (nSPS) is 15.2. The van der Waals surface area contributed by atoms with Crippen molar-refractivity contribution in [2.45, 2.75) is 85.2 Å². The maximum Gasteiger partial charge on any atom is 0.0624 e. The summed E-state index contributed by atoms with van der Waals surface area (Å²) in [6.45, 7) is 8.12. The number of unbranched alkanes of at least 4 members (excludes halogenated alkanes) is 6. The summed E-state index contributed by atoms with van der Waals surface area (Å²) >= 11 is 4.78. The molecule has 0 aliphatic heterocycles. The number of aliphatic hydroxyl groups excluding tert-OH is 1. The Morgan fingerprint density at radius 1 is 1.05 bits per heavy atom. The molecule has 19 heavy (non-hydrogen) atoms. The Kier molecular flexibility index (Phi) is 9.63. The fourth-order valence-electron chi connectivity index (χ4n) is 2.57. The molecule has 2 unspecified atom stereocenters. The third-order valence-corrected chi connectivity index (χ3v) is 3.93. The van der Waals surface area contributed by atoms with Crippen molar-refractivity contribution in [2.75, 3.05) is 0 Å². The zero-order chi connectivity index (χ0) is 14.9. The van der Waals surface area contributed by atoms with Gasteiger partial charge in [0.1, 0.15) is 0 Å². The molecule has 0 heterocycles. The minimum absolute atomic E-state index is 0.251. The second kappa shape index (κ2) is 9.71. The van der Waals surface area contributed by atoms with Gasteiger partial charge in [0.2, 0.25) is 0 Å². The van der Waals surface area contributed by atoms with E-state index >= 15 is 0 Å². The summed E-state index contributed by atoms with van der Waals surface area (Å²) in [6, 6.07) is 0. The lowest BCUT2D eigenvalue weighted by Crippen LogP contribution is -2.37. The van der Waals surface area contributed by atoms with Crippen LogP contribution in [0.15, 0.2) is 0 Å². The first kappa shape index (κ1) is 18.9. The van der Waals surface area contributed by atoms with Crippen LogP contribution in [0.4, 0.5) is 0 Å². The molecule has 3 heteroatoms. The Labute approximate surface area is 124 Å². The minimum Gasteiger partial charge on any atom is -0.742 e. The first-order chi connectivity index (χ1) is 8.80. The summed E-state index contributed by atoms with van der Waals surface area (Å²) in [5.41, 5.74) is -0.251. The van der Waals surface area contributed by atoms with Crippen molar-refractivity contribution in [3.63, 3.8) is 0 Å². The molecule has 2 nitrogen and oxygen atoms in total. The van der Waals surface area contributed by atoms with E-state index in [0.29, 0.717) is 6.42 Å². The van der Waals surface area contributed by atoms with Gasteiger partial charge < -0.3 is 22.5 Å². The summed E-state index contributed by atoms with van der Waals surface area (Å²) in [4.78, 5) is 11.5. The van der Waals surface area contributed by atoms with E-state index in [0.717, 1.165) is 12.8 Å². The van der Waals surface area contributed by atoms with Crippen LogP contribution in [-0.4, -0.2) is 16.3 Å². The van der Waals surface area contributed by atoms with Crippen LogP contribution in [0, 0.1) is 11.3 Å². The van der Waals surface area contributed by atoms with E-state index in [1.807, 2.05) is 20.8 Å². The van der Waals surface area contributed by atoms with Gasteiger partial charge in [-0.05, 0) is 11.8 Å². The first-order valence-electron chi connectivity index (χ1n) is 7.69. The van der Waals surface area contributed by atoms with Crippen LogP contribution in [0.5, 0.6) is 0 Å². The molecule has 0 aromatic heterocycles. The average molecular weight is 287 g/mol. The smallest absolute Gasteiger partial charge is 0.0624 e. The highest BCUT2D eigenvalue weighted by molar-refractivity contribution is 7.77. The lowest BCUT2D eigenvalue weighted by molar-refractivity contribution is -0.122. The predicted octanol–water partition coefficient (Wildman–Crippen LogP) is 4.22. The molecular weight excluding hydrogens is 256 g/mol. The Hall–Kier alpha value is -0.150. The van der Waals surface area contributed by atoms with Crippen molar-refractivity contribution < 1.29 is 9.90 Å². The van der Waals surface area contributed by atoms with Gasteiger partial charge in [0, 0.05) is 11.0 Å². The third kappa shape index (κ3) is 8.59.